The standard InChI is InChI=1S/C7H14N2/c1-2-7(1)3-4-8-5-6-9-7/h8-9H,1-6H2. The van der Waals surface area contributed by atoms with Crippen LogP contribution in [0.1, 0.15) is 19.3 Å². The van der Waals surface area contributed by atoms with Crippen LogP contribution in [0.3, 0.4) is 0 Å². The SMILES string of the molecule is C1CNC2(CCN1)CC2. The monoisotopic (exact) mass is 126 g/mol. The zero-order valence-electron chi connectivity index (χ0n) is 5.74. The minimum atomic E-state index is 0.601. The fourth-order valence-electron chi connectivity index (χ4n) is 1.53. The Morgan fingerprint density at radius 2 is 1.78 bits per heavy atom. The highest BCUT2D eigenvalue weighted by Gasteiger charge is 2.41. The Kier molecular flexibility index (Phi) is 1.24. The van der Waals surface area contributed by atoms with Gasteiger partial charge in [0.05, 0.1) is 0 Å². The van der Waals surface area contributed by atoms with E-state index in [4.69, 9.17) is 0 Å². The lowest BCUT2D eigenvalue weighted by atomic mass is 10.2. The molecule has 0 bridgehead atoms. The van der Waals surface area contributed by atoms with Crippen molar-refractivity contribution >= 4 is 0 Å². The van der Waals surface area contributed by atoms with Gasteiger partial charge < -0.3 is 10.6 Å². The van der Waals surface area contributed by atoms with Gasteiger partial charge in [-0.3, -0.25) is 0 Å². The maximum absolute atomic E-state index is 3.57. The van der Waals surface area contributed by atoms with Crippen molar-refractivity contribution in [3.05, 3.63) is 0 Å². The second-order valence-electron chi connectivity index (χ2n) is 3.21. The highest BCUT2D eigenvalue weighted by molar-refractivity contribution is 5.03. The van der Waals surface area contributed by atoms with Crippen molar-refractivity contribution in [1.29, 1.82) is 0 Å². The fraction of sp³-hybridized carbons (Fsp3) is 1.00. The summed E-state index contributed by atoms with van der Waals surface area (Å²) < 4.78 is 0. The summed E-state index contributed by atoms with van der Waals surface area (Å²) in [4.78, 5) is 0. The van der Waals surface area contributed by atoms with Gasteiger partial charge in [-0.1, -0.05) is 0 Å². The van der Waals surface area contributed by atoms with Crippen molar-refractivity contribution in [2.75, 3.05) is 19.6 Å². The Morgan fingerprint density at radius 3 is 2.56 bits per heavy atom. The summed E-state index contributed by atoms with van der Waals surface area (Å²) in [5, 5.41) is 6.95. The lowest BCUT2D eigenvalue weighted by Gasteiger charge is -2.10. The lowest BCUT2D eigenvalue weighted by Crippen LogP contribution is -2.31. The first-order valence-corrected chi connectivity index (χ1v) is 3.87. The fourth-order valence-corrected chi connectivity index (χ4v) is 1.53. The molecule has 0 amide bonds. The highest BCUT2D eigenvalue weighted by Crippen LogP contribution is 2.38. The molecule has 9 heavy (non-hydrogen) atoms. The molecule has 0 radical (unpaired) electrons. The average Bonchev–Trinajstić information content (AvgIpc) is 2.64. The molecular formula is C7H14N2. The van der Waals surface area contributed by atoms with E-state index >= 15 is 0 Å². The Bertz CT molecular complexity index is 97.5. The molecule has 2 rings (SSSR count). The summed E-state index contributed by atoms with van der Waals surface area (Å²) in [6.07, 6.45) is 4.16. The van der Waals surface area contributed by atoms with Gasteiger partial charge in [-0.25, -0.2) is 0 Å². The van der Waals surface area contributed by atoms with Crippen LogP contribution in [0.25, 0.3) is 0 Å². The van der Waals surface area contributed by atoms with Crippen LogP contribution in [0, 0.1) is 0 Å². The van der Waals surface area contributed by atoms with E-state index < -0.39 is 0 Å². The van der Waals surface area contributed by atoms with E-state index in [1.165, 1.54) is 32.4 Å². The summed E-state index contributed by atoms with van der Waals surface area (Å²) in [6, 6.07) is 0. The Morgan fingerprint density at radius 1 is 0.889 bits per heavy atom. The molecule has 2 N–H and O–H groups in total. The first kappa shape index (κ1) is 5.69. The van der Waals surface area contributed by atoms with E-state index in [-0.39, 0.29) is 0 Å². The van der Waals surface area contributed by atoms with E-state index in [2.05, 4.69) is 10.6 Å². The van der Waals surface area contributed by atoms with Crippen molar-refractivity contribution in [2.45, 2.75) is 24.8 Å². The zero-order chi connectivity index (χ0) is 6.16. The smallest absolute Gasteiger partial charge is 0.0195 e. The van der Waals surface area contributed by atoms with Gasteiger partial charge in [0.1, 0.15) is 0 Å². The number of hydrogen-bond acceptors (Lipinski definition) is 2. The molecule has 0 unspecified atom stereocenters. The molecule has 1 aliphatic heterocycles. The van der Waals surface area contributed by atoms with Crippen LogP contribution in [0.4, 0.5) is 0 Å². The normalized spacial score (nSPS) is 32.0. The van der Waals surface area contributed by atoms with Gasteiger partial charge >= 0.3 is 0 Å². The predicted molar refractivity (Wildman–Crippen MR) is 37.5 cm³/mol. The molecule has 0 aromatic carbocycles. The first-order valence-electron chi connectivity index (χ1n) is 3.87. The minimum absolute atomic E-state index is 0.601. The molecule has 1 heterocycles. The molecular weight excluding hydrogens is 112 g/mol. The summed E-state index contributed by atoms with van der Waals surface area (Å²) in [6.45, 7) is 3.54. The molecule has 1 saturated carbocycles. The Balaban J connectivity index is 1.92. The van der Waals surface area contributed by atoms with Crippen LogP contribution >= 0.6 is 0 Å². The molecule has 52 valence electrons. The van der Waals surface area contributed by atoms with Crippen molar-refractivity contribution in [1.82, 2.24) is 10.6 Å². The van der Waals surface area contributed by atoms with E-state index in [0.717, 1.165) is 6.54 Å². The van der Waals surface area contributed by atoms with Gasteiger partial charge in [0, 0.05) is 18.6 Å². The Labute approximate surface area is 56.0 Å². The van der Waals surface area contributed by atoms with Gasteiger partial charge in [-0.2, -0.15) is 0 Å². The lowest BCUT2D eigenvalue weighted by molar-refractivity contribution is 0.509. The summed E-state index contributed by atoms with van der Waals surface area (Å²) >= 11 is 0. The van der Waals surface area contributed by atoms with Crippen LogP contribution in [0.15, 0.2) is 0 Å². The van der Waals surface area contributed by atoms with E-state index in [1.807, 2.05) is 0 Å². The van der Waals surface area contributed by atoms with Crippen LogP contribution in [-0.4, -0.2) is 25.2 Å². The molecule has 1 saturated heterocycles. The third kappa shape index (κ3) is 1.10. The minimum Gasteiger partial charge on any atom is -0.315 e. The van der Waals surface area contributed by atoms with Crippen molar-refractivity contribution < 1.29 is 0 Å². The molecule has 1 aliphatic carbocycles. The maximum Gasteiger partial charge on any atom is 0.0195 e. The van der Waals surface area contributed by atoms with Crippen molar-refractivity contribution in [3.8, 4) is 0 Å². The second-order valence-corrected chi connectivity index (χ2v) is 3.21. The van der Waals surface area contributed by atoms with Crippen molar-refractivity contribution in [3.63, 3.8) is 0 Å². The largest absolute Gasteiger partial charge is 0.315 e. The summed E-state index contributed by atoms with van der Waals surface area (Å²) in [5.74, 6) is 0. The molecule has 0 atom stereocenters. The quantitative estimate of drug-likeness (QED) is 0.481. The van der Waals surface area contributed by atoms with Crippen LogP contribution in [0.5, 0.6) is 0 Å². The second kappa shape index (κ2) is 1.96. The Hall–Kier alpha value is -0.0800. The number of hydrogen-bond donors (Lipinski definition) is 2. The zero-order valence-corrected chi connectivity index (χ0v) is 5.74. The van der Waals surface area contributed by atoms with Crippen LogP contribution in [-0.2, 0) is 0 Å². The molecule has 2 heteroatoms. The summed E-state index contributed by atoms with van der Waals surface area (Å²) in [5.41, 5.74) is 0.601. The van der Waals surface area contributed by atoms with E-state index in [9.17, 15) is 0 Å². The third-order valence-corrected chi connectivity index (χ3v) is 2.44. The highest BCUT2D eigenvalue weighted by atomic mass is 15.1. The summed E-state index contributed by atoms with van der Waals surface area (Å²) in [7, 11) is 0. The maximum atomic E-state index is 3.57. The number of nitrogens with one attached hydrogen (secondary N) is 2. The molecule has 0 aromatic rings. The molecule has 1 spiro atoms. The van der Waals surface area contributed by atoms with Crippen LogP contribution in [0.2, 0.25) is 0 Å². The van der Waals surface area contributed by atoms with Gasteiger partial charge in [0.15, 0.2) is 0 Å². The number of rotatable bonds is 0. The van der Waals surface area contributed by atoms with Crippen LogP contribution < -0.4 is 10.6 Å². The topological polar surface area (TPSA) is 24.1 Å². The van der Waals surface area contributed by atoms with Gasteiger partial charge in [0.2, 0.25) is 0 Å². The molecule has 2 fully saturated rings. The molecule has 2 nitrogen and oxygen atoms in total. The average molecular weight is 126 g/mol. The molecule has 2 aliphatic rings. The first-order chi connectivity index (χ1) is 4.41. The van der Waals surface area contributed by atoms with Gasteiger partial charge in [-0.15, -0.1) is 0 Å². The van der Waals surface area contributed by atoms with E-state index in [1.54, 1.807) is 0 Å². The predicted octanol–water partition coefficient (Wildman–Crippen LogP) is 0.102. The third-order valence-electron chi connectivity index (χ3n) is 2.44. The van der Waals surface area contributed by atoms with Crippen molar-refractivity contribution in [2.24, 2.45) is 0 Å². The van der Waals surface area contributed by atoms with Gasteiger partial charge in [-0.05, 0) is 25.8 Å². The van der Waals surface area contributed by atoms with Gasteiger partial charge in [0.25, 0.3) is 0 Å². The molecule has 0 aromatic heterocycles. The van der Waals surface area contributed by atoms with E-state index in [0.29, 0.717) is 5.54 Å².